The molecular weight excluding hydrogens is 324 g/mol. The van der Waals surface area contributed by atoms with Crippen molar-refractivity contribution < 1.29 is 4.74 Å². The topological polar surface area (TPSA) is 41.5 Å². The number of rotatable bonds is 3. The van der Waals surface area contributed by atoms with E-state index in [1.165, 1.54) is 30.4 Å². The number of benzene rings is 1. The SMILES string of the molecule is Cc1ccc2c(c1)CN(Cc1cc(C)nc(N3CCCCC3)n1)CCO2. The Balaban J connectivity index is 1.52. The Morgan fingerprint density at radius 3 is 2.69 bits per heavy atom. The molecule has 0 atom stereocenters. The summed E-state index contributed by atoms with van der Waals surface area (Å²) in [5, 5.41) is 0. The Kier molecular flexibility index (Phi) is 5.07. The maximum Gasteiger partial charge on any atom is 0.225 e. The van der Waals surface area contributed by atoms with E-state index in [1.807, 2.05) is 0 Å². The summed E-state index contributed by atoms with van der Waals surface area (Å²) in [7, 11) is 0. The molecule has 0 spiro atoms. The standard InChI is InChI=1S/C21H28N4O/c1-16-6-7-20-18(12-16)14-24(10-11-26-20)15-19-13-17(2)22-21(23-19)25-8-4-3-5-9-25/h6-7,12-13H,3-5,8-11,14-15H2,1-2H3. The molecule has 3 heterocycles. The molecule has 0 radical (unpaired) electrons. The van der Waals surface area contributed by atoms with E-state index < -0.39 is 0 Å². The first kappa shape index (κ1) is 17.3. The van der Waals surface area contributed by atoms with Crippen molar-refractivity contribution in [3.63, 3.8) is 0 Å². The van der Waals surface area contributed by atoms with Crippen LogP contribution in [0, 0.1) is 13.8 Å². The second-order valence-electron chi connectivity index (χ2n) is 7.52. The molecular formula is C21H28N4O. The minimum Gasteiger partial charge on any atom is -0.492 e. The number of piperidine rings is 1. The highest BCUT2D eigenvalue weighted by atomic mass is 16.5. The molecule has 0 bridgehead atoms. The van der Waals surface area contributed by atoms with Gasteiger partial charge in [0.05, 0.1) is 5.69 Å². The largest absolute Gasteiger partial charge is 0.492 e. The van der Waals surface area contributed by atoms with Gasteiger partial charge in [-0.25, -0.2) is 9.97 Å². The van der Waals surface area contributed by atoms with Crippen LogP contribution in [0.3, 0.4) is 0 Å². The van der Waals surface area contributed by atoms with Crippen LogP contribution in [0.2, 0.25) is 0 Å². The lowest BCUT2D eigenvalue weighted by Gasteiger charge is -2.27. The highest BCUT2D eigenvalue weighted by molar-refractivity contribution is 5.37. The zero-order chi connectivity index (χ0) is 17.9. The quantitative estimate of drug-likeness (QED) is 0.846. The van der Waals surface area contributed by atoms with Gasteiger partial charge < -0.3 is 9.64 Å². The predicted molar refractivity (Wildman–Crippen MR) is 104 cm³/mol. The van der Waals surface area contributed by atoms with Crippen LogP contribution in [0.25, 0.3) is 0 Å². The molecule has 1 fully saturated rings. The van der Waals surface area contributed by atoms with E-state index in [4.69, 9.17) is 9.72 Å². The van der Waals surface area contributed by atoms with Gasteiger partial charge in [-0.15, -0.1) is 0 Å². The monoisotopic (exact) mass is 352 g/mol. The molecule has 2 aliphatic heterocycles. The highest BCUT2D eigenvalue weighted by Gasteiger charge is 2.18. The molecule has 0 saturated carbocycles. The molecule has 0 unspecified atom stereocenters. The molecule has 4 rings (SSSR count). The Hall–Kier alpha value is -2.14. The smallest absolute Gasteiger partial charge is 0.225 e. The van der Waals surface area contributed by atoms with Crippen molar-refractivity contribution in [1.82, 2.24) is 14.9 Å². The van der Waals surface area contributed by atoms with Crippen LogP contribution in [0.15, 0.2) is 24.3 Å². The minimum atomic E-state index is 0.721. The van der Waals surface area contributed by atoms with Crippen LogP contribution in [-0.4, -0.2) is 41.1 Å². The fourth-order valence-corrected chi connectivity index (χ4v) is 3.87. The molecule has 1 aromatic heterocycles. The molecule has 138 valence electrons. The number of fused-ring (bicyclic) bond motifs is 1. The molecule has 0 N–H and O–H groups in total. The molecule has 0 amide bonds. The Morgan fingerprint density at radius 2 is 1.85 bits per heavy atom. The number of hydrogen-bond donors (Lipinski definition) is 0. The maximum absolute atomic E-state index is 5.93. The van der Waals surface area contributed by atoms with Gasteiger partial charge in [0, 0.05) is 44.0 Å². The summed E-state index contributed by atoms with van der Waals surface area (Å²) >= 11 is 0. The second kappa shape index (κ2) is 7.62. The van der Waals surface area contributed by atoms with Gasteiger partial charge in [0.1, 0.15) is 12.4 Å². The molecule has 1 saturated heterocycles. The van der Waals surface area contributed by atoms with Gasteiger partial charge in [-0.2, -0.15) is 0 Å². The maximum atomic E-state index is 5.93. The van der Waals surface area contributed by atoms with Crippen molar-refractivity contribution in [2.24, 2.45) is 0 Å². The van der Waals surface area contributed by atoms with E-state index in [0.717, 1.165) is 62.4 Å². The average Bonchev–Trinajstić information content (AvgIpc) is 2.83. The summed E-state index contributed by atoms with van der Waals surface area (Å²) in [5.41, 5.74) is 4.70. The Labute approximate surface area is 156 Å². The predicted octanol–water partition coefficient (Wildman–Crippen LogP) is 3.48. The lowest BCUT2D eigenvalue weighted by molar-refractivity contribution is 0.217. The first-order valence-corrected chi connectivity index (χ1v) is 9.71. The van der Waals surface area contributed by atoms with Gasteiger partial charge in [0.25, 0.3) is 0 Å². The summed E-state index contributed by atoms with van der Waals surface area (Å²) < 4.78 is 5.93. The van der Waals surface area contributed by atoms with Gasteiger partial charge in [0.2, 0.25) is 5.95 Å². The van der Waals surface area contributed by atoms with Crippen molar-refractivity contribution in [2.45, 2.75) is 46.2 Å². The van der Waals surface area contributed by atoms with Crippen molar-refractivity contribution in [1.29, 1.82) is 0 Å². The Morgan fingerprint density at radius 1 is 1.00 bits per heavy atom. The van der Waals surface area contributed by atoms with Crippen LogP contribution >= 0.6 is 0 Å². The van der Waals surface area contributed by atoms with Crippen molar-refractivity contribution in [3.8, 4) is 5.75 Å². The summed E-state index contributed by atoms with van der Waals surface area (Å²) in [5.74, 6) is 1.92. The van der Waals surface area contributed by atoms with E-state index >= 15 is 0 Å². The zero-order valence-electron chi connectivity index (χ0n) is 15.9. The fraction of sp³-hybridized carbons (Fsp3) is 0.524. The van der Waals surface area contributed by atoms with Gasteiger partial charge >= 0.3 is 0 Å². The average molecular weight is 352 g/mol. The third-order valence-corrected chi connectivity index (χ3v) is 5.19. The van der Waals surface area contributed by atoms with Crippen LogP contribution < -0.4 is 9.64 Å². The molecule has 26 heavy (non-hydrogen) atoms. The summed E-state index contributed by atoms with van der Waals surface area (Å²) in [6, 6.07) is 8.57. The molecule has 1 aromatic carbocycles. The molecule has 5 heteroatoms. The number of ether oxygens (including phenoxy) is 1. The molecule has 5 nitrogen and oxygen atoms in total. The molecule has 0 aliphatic carbocycles. The molecule has 2 aromatic rings. The van der Waals surface area contributed by atoms with Gasteiger partial charge in [0.15, 0.2) is 0 Å². The van der Waals surface area contributed by atoms with Crippen molar-refractivity contribution in [3.05, 3.63) is 46.8 Å². The lowest BCUT2D eigenvalue weighted by Crippen LogP contribution is -2.32. The number of anilines is 1. The van der Waals surface area contributed by atoms with Gasteiger partial charge in [-0.1, -0.05) is 17.7 Å². The highest BCUT2D eigenvalue weighted by Crippen LogP contribution is 2.25. The third kappa shape index (κ3) is 3.98. The number of nitrogens with zero attached hydrogens (tertiary/aromatic N) is 4. The number of aromatic nitrogens is 2. The van der Waals surface area contributed by atoms with Gasteiger partial charge in [-0.05, 0) is 45.2 Å². The van der Waals surface area contributed by atoms with Crippen molar-refractivity contribution in [2.75, 3.05) is 31.1 Å². The van der Waals surface area contributed by atoms with E-state index in [9.17, 15) is 0 Å². The van der Waals surface area contributed by atoms with Crippen LogP contribution in [0.4, 0.5) is 5.95 Å². The van der Waals surface area contributed by atoms with E-state index in [0.29, 0.717) is 0 Å². The summed E-state index contributed by atoms with van der Waals surface area (Å²) in [6.45, 7) is 9.73. The number of hydrogen-bond acceptors (Lipinski definition) is 5. The third-order valence-electron chi connectivity index (χ3n) is 5.19. The van der Waals surface area contributed by atoms with Crippen molar-refractivity contribution >= 4 is 5.95 Å². The van der Waals surface area contributed by atoms with E-state index in [2.05, 4.69) is 52.9 Å². The van der Waals surface area contributed by atoms with E-state index in [1.54, 1.807) is 0 Å². The zero-order valence-corrected chi connectivity index (χ0v) is 15.9. The number of aryl methyl sites for hydroxylation is 2. The summed E-state index contributed by atoms with van der Waals surface area (Å²) in [6.07, 6.45) is 3.81. The Bertz CT molecular complexity index is 771. The van der Waals surface area contributed by atoms with Crippen LogP contribution in [-0.2, 0) is 13.1 Å². The van der Waals surface area contributed by atoms with E-state index in [-0.39, 0.29) is 0 Å². The lowest BCUT2D eigenvalue weighted by atomic mass is 10.1. The van der Waals surface area contributed by atoms with Crippen LogP contribution in [0.5, 0.6) is 5.75 Å². The minimum absolute atomic E-state index is 0.721. The molecule has 2 aliphatic rings. The first-order chi connectivity index (χ1) is 12.7. The van der Waals surface area contributed by atoms with Gasteiger partial charge in [-0.3, -0.25) is 4.90 Å². The second-order valence-corrected chi connectivity index (χ2v) is 7.52. The first-order valence-electron chi connectivity index (χ1n) is 9.71. The normalized spacial score (nSPS) is 18.2. The van der Waals surface area contributed by atoms with Crippen LogP contribution in [0.1, 0.15) is 41.8 Å². The summed E-state index contributed by atoms with van der Waals surface area (Å²) in [4.78, 5) is 14.3. The fourth-order valence-electron chi connectivity index (χ4n) is 3.87.